The first-order valence-electron chi connectivity index (χ1n) is 6.03. The van der Waals surface area contributed by atoms with Crippen LogP contribution >= 0.6 is 11.3 Å². The van der Waals surface area contributed by atoms with Crippen molar-refractivity contribution in [1.82, 2.24) is 9.88 Å². The molecule has 1 aliphatic carbocycles. The Morgan fingerprint density at radius 1 is 1.53 bits per heavy atom. The molecule has 2 heterocycles. The van der Waals surface area contributed by atoms with Crippen molar-refractivity contribution in [2.24, 2.45) is 5.92 Å². The third kappa shape index (κ3) is 1.62. The van der Waals surface area contributed by atoms with E-state index in [0.29, 0.717) is 0 Å². The highest BCUT2D eigenvalue weighted by Crippen LogP contribution is 2.35. The average molecular weight is 222 g/mol. The van der Waals surface area contributed by atoms with E-state index in [9.17, 15) is 0 Å². The summed E-state index contributed by atoms with van der Waals surface area (Å²) in [5, 5.41) is 0. The second-order valence-electron chi connectivity index (χ2n) is 4.73. The van der Waals surface area contributed by atoms with Gasteiger partial charge in [-0.3, -0.25) is 0 Å². The van der Waals surface area contributed by atoms with Gasteiger partial charge in [0.05, 0.1) is 11.2 Å². The summed E-state index contributed by atoms with van der Waals surface area (Å²) in [6.07, 6.45) is 5.30. The largest absolute Gasteiger partial charge is 0.300 e. The lowest BCUT2D eigenvalue weighted by molar-refractivity contribution is 0.0911. The lowest BCUT2D eigenvalue weighted by atomic mass is 9.79. The number of hydrogen-bond acceptors (Lipinski definition) is 3. The molecule has 0 saturated carbocycles. The van der Waals surface area contributed by atoms with Gasteiger partial charge in [0.1, 0.15) is 0 Å². The lowest BCUT2D eigenvalue weighted by Gasteiger charge is -2.43. The highest BCUT2D eigenvalue weighted by Gasteiger charge is 2.35. The summed E-state index contributed by atoms with van der Waals surface area (Å²) in [5.74, 6) is 0.883. The van der Waals surface area contributed by atoms with Crippen molar-refractivity contribution in [3.05, 3.63) is 16.1 Å². The van der Waals surface area contributed by atoms with Gasteiger partial charge in [0, 0.05) is 10.9 Å². The van der Waals surface area contributed by atoms with Gasteiger partial charge < -0.3 is 4.90 Å². The van der Waals surface area contributed by atoms with E-state index < -0.39 is 0 Å². The Hall–Kier alpha value is -0.410. The summed E-state index contributed by atoms with van der Waals surface area (Å²) in [6, 6.07) is 0.816. The predicted octanol–water partition coefficient (Wildman–Crippen LogP) is 2.34. The van der Waals surface area contributed by atoms with Crippen molar-refractivity contribution in [2.45, 2.75) is 38.6 Å². The number of nitrogens with zero attached hydrogens (tertiary/aromatic N) is 2. The SMILES string of the molecule is CCN1CCC[C@H]2Cc3ncsc3C[C@@H]21. The second-order valence-corrected chi connectivity index (χ2v) is 5.67. The lowest BCUT2D eigenvalue weighted by Crippen LogP contribution is -2.48. The van der Waals surface area contributed by atoms with Crippen molar-refractivity contribution in [1.29, 1.82) is 0 Å². The number of hydrogen-bond donors (Lipinski definition) is 0. The van der Waals surface area contributed by atoms with E-state index in [1.165, 1.54) is 44.5 Å². The van der Waals surface area contributed by atoms with Crippen LogP contribution in [0.5, 0.6) is 0 Å². The number of thiazole rings is 1. The van der Waals surface area contributed by atoms with Crippen LogP contribution in [0, 0.1) is 5.92 Å². The van der Waals surface area contributed by atoms with E-state index in [1.807, 2.05) is 16.8 Å². The van der Waals surface area contributed by atoms with Crippen LogP contribution in [0.4, 0.5) is 0 Å². The van der Waals surface area contributed by atoms with Gasteiger partial charge in [0.25, 0.3) is 0 Å². The van der Waals surface area contributed by atoms with Crippen molar-refractivity contribution < 1.29 is 0 Å². The molecule has 3 heteroatoms. The minimum absolute atomic E-state index is 0.816. The van der Waals surface area contributed by atoms with Gasteiger partial charge >= 0.3 is 0 Å². The first-order valence-corrected chi connectivity index (χ1v) is 6.91. The van der Waals surface area contributed by atoms with Crippen molar-refractivity contribution in [2.75, 3.05) is 13.1 Å². The third-order valence-corrected chi connectivity index (χ3v) is 4.91. The van der Waals surface area contributed by atoms with E-state index in [-0.39, 0.29) is 0 Å². The molecule has 0 N–H and O–H groups in total. The van der Waals surface area contributed by atoms with Crippen LogP contribution in [0.2, 0.25) is 0 Å². The second kappa shape index (κ2) is 3.87. The van der Waals surface area contributed by atoms with E-state index in [2.05, 4.69) is 16.8 Å². The first-order chi connectivity index (χ1) is 7.38. The molecule has 1 aromatic rings. The first kappa shape index (κ1) is 9.79. The number of rotatable bonds is 1. The number of fused-ring (bicyclic) bond motifs is 2. The minimum atomic E-state index is 0.816. The van der Waals surface area contributed by atoms with Crippen LogP contribution in [-0.2, 0) is 12.8 Å². The Bertz CT molecular complexity index is 347. The Kier molecular flexibility index (Phi) is 2.53. The van der Waals surface area contributed by atoms with Gasteiger partial charge in [-0.15, -0.1) is 11.3 Å². The Labute approximate surface area is 95.3 Å². The van der Waals surface area contributed by atoms with E-state index in [4.69, 9.17) is 0 Å². The molecule has 0 unspecified atom stereocenters. The highest BCUT2D eigenvalue weighted by molar-refractivity contribution is 7.09. The van der Waals surface area contributed by atoms with E-state index >= 15 is 0 Å². The van der Waals surface area contributed by atoms with Gasteiger partial charge in [-0.25, -0.2) is 4.98 Å². The van der Waals surface area contributed by atoms with Crippen LogP contribution < -0.4 is 0 Å². The molecule has 0 aromatic carbocycles. The molecule has 2 aliphatic rings. The zero-order chi connectivity index (χ0) is 10.3. The molecule has 2 nitrogen and oxygen atoms in total. The maximum Gasteiger partial charge on any atom is 0.0797 e. The fraction of sp³-hybridized carbons (Fsp3) is 0.750. The van der Waals surface area contributed by atoms with Crippen molar-refractivity contribution in [3.8, 4) is 0 Å². The quantitative estimate of drug-likeness (QED) is 0.725. The number of likely N-dealkylation sites (N-methyl/N-ethyl adjacent to an activating group) is 1. The predicted molar refractivity (Wildman–Crippen MR) is 63.3 cm³/mol. The zero-order valence-corrected chi connectivity index (χ0v) is 10.1. The third-order valence-electron chi connectivity index (χ3n) is 4.02. The molecular weight excluding hydrogens is 204 g/mol. The van der Waals surface area contributed by atoms with E-state index in [1.54, 1.807) is 4.88 Å². The van der Waals surface area contributed by atoms with Gasteiger partial charge in [0.2, 0.25) is 0 Å². The molecule has 2 atom stereocenters. The molecule has 1 saturated heterocycles. The van der Waals surface area contributed by atoms with Crippen LogP contribution in [-0.4, -0.2) is 29.0 Å². The number of piperidine rings is 1. The molecule has 0 amide bonds. The normalized spacial score (nSPS) is 31.0. The smallest absolute Gasteiger partial charge is 0.0797 e. The van der Waals surface area contributed by atoms with Crippen molar-refractivity contribution in [3.63, 3.8) is 0 Å². The molecule has 1 aliphatic heterocycles. The van der Waals surface area contributed by atoms with Crippen molar-refractivity contribution >= 4 is 11.3 Å². The summed E-state index contributed by atoms with van der Waals surface area (Å²) in [4.78, 5) is 8.73. The molecule has 82 valence electrons. The Balaban J connectivity index is 1.87. The number of aromatic nitrogens is 1. The maximum absolute atomic E-state index is 4.50. The van der Waals surface area contributed by atoms with Gasteiger partial charge in [-0.05, 0) is 44.7 Å². The maximum atomic E-state index is 4.50. The summed E-state index contributed by atoms with van der Waals surface area (Å²) in [5.41, 5.74) is 3.43. The summed E-state index contributed by atoms with van der Waals surface area (Å²) < 4.78 is 0. The van der Waals surface area contributed by atoms with Crippen LogP contribution in [0.25, 0.3) is 0 Å². The molecule has 0 bridgehead atoms. The number of likely N-dealkylation sites (tertiary alicyclic amines) is 1. The van der Waals surface area contributed by atoms with Gasteiger partial charge in [-0.1, -0.05) is 6.92 Å². The zero-order valence-electron chi connectivity index (χ0n) is 9.28. The van der Waals surface area contributed by atoms with Crippen LogP contribution in [0.1, 0.15) is 30.3 Å². The fourth-order valence-corrected chi connectivity index (χ4v) is 4.05. The van der Waals surface area contributed by atoms with Crippen LogP contribution in [0.3, 0.4) is 0 Å². The van der Waals surface area contributed by atoms with Crippen LogP contribution in [0.15, 0.2) is 5.51 Å². The molecule has 0 radical (unpaired) electrons. The van der Waals surface area contributed by atoms with Gasteiger partial charge in [-0.2, -0.15) is 0 Å². The average Bonchev–Trinajstić information content (AvgIpc) is 2.72. The molecule has 1 fully saturated rings. The summed E-state index contributed by atoms with van der Waals surface area (Å²) >= 11 is 1.86. The monoisotopic (exact) mass is 222 g/mol. The highest BCUT2D eigenvalue weighted by atomic mass is 32.1. The Morgan fingerprint density at radius 2 is 2.47 bits per heavy atom. The molecule has 3 rings (SSSR count). The fourth-order valence-electron chi connectivity index (χ4n) is 3.20. The standard InChI is InChI=1S/C12H18N2S/c1-2-14-5-3-4-9-6-10-12(7-11(9)14)15-8-13-10/h8-9,11H,2-7H2,1H3/t9-,11-/m0/s1. The summed E-state index contributed by atoms with van der Waals surface area (Å²) in [6.45, 7) is 4.83. The Morgan fingerprint density at radius 3 is 3.33 bits per heavy atom. The molecule has 1 aromatic heterocycles. The van der Waals surface area contributed by atoms with E-state index in [0.717, 1.165) is 12.0 Å². The molecule has 15 heavy (non-hydrogen) atoms. The topological polar surface area (TPSA) is 16.1 Å². The molecular formula is C12H18N2S. The van der Waals surface area contributed by atoms with Gasteiger partial charge in [0.15, 0.2) is 0 Å². The summed E-state index contributed by atoms with van der Waals surface area (Å²) in [7, 11) is 0. The minimum Gasteiger partial charge on any atom is -0.300 e. The molecule has 0 spiro atoms.